The van der Waals surface area contributed by atoms with Crippen LogP contribution in [0.25, 0.3) is 0 Å². The number of amides is 1. The molecule has 0 aromatic heterocycles. The number of carboxylic acids is 1. The SMILES string of the molecule is CN1C(=O)COc2ccc(C(N)CCCC(=O)O)cc21. The molecule has 1 aliphatic heterocycles. The Balaban J connectivity index is 2.10. The van der Waals surface area contributed by atoms with Crippen LogP contribution >= 0.6 is 0 Å². The van der Waals surface area contributed by atoms with Crippen molar-refractivity contribution in [2.75, 3.05) is 18.6 Å². The number of likely N-dealkylation sites (N-methyl/N-ethyl adjacent to an activating group) is 1. The minimum Gasteiger partial charge on any atom is -0.482 e. The summed E-state index contributed by atoms with van der Waals surface area (Å²) in [5, 5.41) is 8.62. The molecule has 20 heavy (non-hydrogen) atoms. The maximum atomic E-state index is 11.6. The van der Waals surface area contributed by atoms with E-state index in [9.17, 15) is 9.59 Å². The number of fused-ring (bicyclic) bond motifs is 1. The summed E-state index contributed by atoms with van der Waals surface area (Å²) in [6.07, 6.45) is 1.22. The molecule has 0 aliphatic carbocycles. The Bertz CT molecular complexity index is 530. The Morgan fingerprint density at radius 2 is 2.30 bits per heavy atom. The Morgan fingerprint density at radius 1 is 1.55 bits per heavy atom. The molecule has 1 heterocycles. The Morgan fingerprint density at radius 3 is 3.00 bits per heavy atom. The molecule has 1 amide bonds. The van der Waals surface area contributed by atoms with Crippen molar-refractivity contribution in [1.29, 1.82) is 0 Å². The number of nitrogens with two attached hydrogens (primary N) is 1. The van der Waals surface area contributed by atoms with E-state index in [1.54, 1.807) is 18.0 Å². The van der Waals surface area contributed by atoms with E-state index in [1.807, 2.05) is 12.1 Å². The van der Waals surface area contributed by atoms with Crippen LogP contribution < -0.4 is 15.4 Å². The van der Waals surface area contributed by atoms with Crippen molar-refractivity contribution in [1.82, 2.24) is 0 Å². The molecule has 0 saturated heterocycles. The highest BCUT2D eigenvalue weighted by Crippen LogP contribution is 2.33. The van der Waals surface area contributed by atoms with Crippen molar-refractivity contribution in [3.05, 3.63) is 23.8 Å². The first-order chi connectivity index (χ1) is 9.49. The predicted octanol–water partition coefficient (Wildman–Crippen LogP) is 1.30. The Labute approximate surface area is 117 Å². The molecule has 1 aromatic carbocycles. The second-order valence-corrected chi connectivity index (χ2v) is 4.86. The monoisotopic (exact) mass is 278 g/mol. The number of carbonyl (C=O) groups excluding carboxylic acids is 1. The van der Waals surface area contributed by atoms with Gasteiger partial charge in [-0.3, -0.25) is 9.59 Å². The van der Waals surface area contributed by atoms with Crippen molar-refractivity contribution in [3.8, 4) is 5.75 Å². The average Bonchev–Trinajstić information content (AvgIpc) is 2.42. The van der Waals surface area contributed by atoms with E-state index >= 15 is 0 Å². The largest absolute Gasteiger partial charge is 0.482 e. The second kappa shape index (κ2) is 5.92. The molecule has 1 aliphatic rings. The number of carbonyl (C=O) groups is 2. The molecule has 3 N–H and O–H groups in total. The zero-order valence-electron chi connectivity index (χ0n) is 11.3. The van der Waals surface area contributed by atoms with Gasteiger partial charge in [0.1, 0.15) is 5.75 Å². The van der Waals surface area contributed by atoms with Crippen LogP contribution in [0.3, 0.4) is 0 Å². The molecule has 6 heteroatoms. The summed E-state index contributed by atoms with van der Waals surface area (Å²) in [4.78, 5) is 23.6. The van der Waals surface area contributed by atoms with E-state index < -0.39 is 5.97 Å². The highest BCUT2D eigenvalue weighted by molar-refractivity contribution is 5.97. The van der Waals surface area contributed by atoms with Crippen molar-refractivity contribution in [2.24, 2.45) is 5.73 Å². The van der Waals surface area contributed by atoms with Crippen LogP contribution in [-0.2, 0) is 9.59 Å². The van der Waals surface area contributed by atoms with Crippen molar-refractivity contribution in [3.63, 3.8) is 0 Å². The summed E-state index contributed by atoms with van der Waals surface area (Å²) < 4.78 is 5.34. The van der Waals surface area contributed by atoms with Gasteiger partial charge in [0.25, 0.3) is 5.91 Å². The summed E-state index contributed by atoms with van der Waals surface area (Å²) >= 11 is 0. The molecule has 0 fully saturated rings. The lowest BCUT2D eigenvalue weighted by Gasteiger charge is -2.27. The lowest BCUT2D eigenvalue weighted by Crippen LogP contribution is -2.35. The standard InChI is InChI=1S/C14H18N2O4/c1-16-11-7-9(10(15)3-2-4-14(18)19)5-6-12(11)20-8-13(16)17/h5-7,10H,2-4,8,15H2,1H3,(H,18,19). The van der Waals surface area contributed by atoms with Gasteiger partial charge in [0, 0.05) is 19.5 Å². The second-order valence-electron chi connectivity index (χ2n) is 4.86. The van der Waals surface area contributed by atoms with E-state index in [2.05, 4.69) is 0 Å². The lowest BCUT2D eigenvalue weighted by molar-refractivity contribution is -0.137. The molecule has 2 rings (SSSR count). The normalized spacial score (nSPS) is 15.5. The fraction of sp³-hybridized carbons (Fsp3) is 0.429. The van der Waals surface area contributed by atoms with Crippen molar-refractivity contribution < 1.29 is 19.4 Å². The summed E-state index contributed by atoms with van der Waals surface area (Å²) in [6, 6.07) is 5.24. The molecule has 1 atom stereocenters. The first-order valence-electron chi connectivity index (χ1n) is 6.49. The van der Waals surface area contributed by atoms with Gasteiger partial charge in [-0.05, 0) is 30.5 Å². The smallest absolute Gasteiger partial charge is 0.303 e. The third-order valence-corrected chi connectivity index (χ3v) is 3.40. The topological polar surface area (TPSA) is 92.9 Å². The molecular weight excluding hydrogens is 260 g/mol. The maximum Gasteiger partial charge on any atom is 0.303 e. The van der Waals surface area contributed by atoms with Crippen LogP contribution in [0.1, 0.15) is 30.9 Å². The minimum absolute atomic E-state index is 0.0491. The van der Waals surface area contributed by atoms with E-state index in [1.165, 1.54) is 0 Å². The fourth-order valence-corrected chi connectivity index (χ4v) is 2.16. The Kier molecular flexibility index (Phi) is 4.24. The van der Waals surface area contributed by atoms with Crippen LogP contribution in [0.2, 0.25) is 0 Å². The number of carboxylic acid groups (broad SMARTS) is 1. The van der Waals surface area contributed by atoms with E-state index in [-0.39, 0.29) is 25.0 Å². The Hall–Kier alpha value is -2.08. The molecule has 1 aromatic rings. The zero-order valence-corrected chi connectivity index (χ0v) is 11.3. The summed E-state index contributed by atoms with van der Waals surface area (Å²) in [6.45, 7) is 0.0491. The first kappa shape index (κ1) is 14.3. The van der Waals surface area contributed by atoms with Crippen LogP contribution in [0.5, 0.6) is 5.75 Å². The summed E-state index contributed by atoms with van der Waals surface area (Å²) in [5.41, 5.74) is 7.63. The van der Waals surface area contributed by atoms with E-state index in [0.29, 0.717) is 24.3 Å². The van der Waals surface area contributed by atoms with Crippen molar-refractivity contribution in [2.45, 2.75) is 25.3 Å². The van der Waals surface area contributed by atoms with Crippen LogP contribution in [0.4, 0.5) is 5.69 Å². The molecule has 0 bridgehead atoms. The van der Waals surface area contributed by atoms with Gasteiger partial charge in [0.2, 0.25) is 0 Å². The van der Waals surface area contributed by atoms with Gasteiger partial charge in [-0.25, -0.2) is 0 Å². The third-order valence-electron chi connectivity index (χ3n) is 3.40. The summed E-state index contributed by atoms with van der Waals surface area (Å²) in [7, 11) is 1.70. The van der Waals surface area contributed by atoms with E-state index in [0.717, 1.165) is 5.56 Å². The van der Waals surface area contributed by atoms with Crippen LogP contribution in [0, 0.1) is 0 Å². The number of benzene rings is 1. The summed E-state index contributed by atoms with van der Waals surface area (Å²) in [5.74, 6) is -0.260. The molecule has 0 spiro atoms. The third kappa shape index (κ3) is 3.08. The molecule has 1 unspecified atom stereocenters. The number of aliphatic carboxylic acids is 1. The highest BCUT2D eigenvalue weighted by atomic mass is 16.5. The quantitative estimate of drug-likeness (QED) is 0.846. The van der Waals surface area contributed by atoms with Crippen molar-refractivity contribution >= 4 is 17.6 Å². The molecule has 6 nitrogen and oxygen atoms in total. The van der Waals surface area contributed by atoms with Gasteiger partial charge >= 0.3 is 5.97 Å². The van der Waals surface area contributed by atoms with Crippen LogP contribution in [-0.4, -0.2) is 30.6 Å². The maximum absolute atomic E-state index is 11.6. The van der Waals surface area contributed by atoms with Gasteiger partial charge in [-0.2, -0.15) is 0 Å². The number of hydrogen-bond donors (Lipinski definition) is 2. The highest BCUT2D eigenvalue weighted by Gasteiger charge is 2.23. The molecular formula is C14H18N2O4. The van der Waals surface area contributed by atoms with Gasteiger partial charge in [0.05, 0.1) is 5.69 Å². The molecule has 108 valence electrons. The fourth-order valence-electron chi connectivity index (χ4n) is 2.16. The number of rotatable bonds is 5. The molecule has 0 radical (unpaired) electrons. The average molecular weight is 278 g/mol. The zero-order chi connectivity index (χ0) is 14.7. The predicted molar refractivity (Wildman–Crippen MR) is 73.8 cm³/mol. The number of nitrogens with zero attached hydrogens (tertiary/aromatic N) is 1. The molecule has 0 saturated carbocycles. The lowest BCUT2D eigenvalue weighted by atomic mass is 10.0. The number of anilines is 1. The first-order valence-corrected chi connectivity index (χ1v) is 6.49. The van der Waals surface area contributed by atoms with E-state index in [4.69, 9.17) is 15.6 Å². The van der Waals surface area contributed by atoms with Crippen LogP contribution in [0.15, 0.2) is 18.2 Å². The number of hydrogen-bond acceptors (Lipinski definition) is 4. The van der Waals surface area contributed by atoms with Gasteiger partial charge in [-0.15, -0.1) is 0 Å². The number of ether oxygens (including phenoxy) is 1. The van der Waals surface area contributed by atoms with Gasteiger partial charge in [0.15, 0.2) is 6.61 Å². The van der Waals surface area contributed by atoms with Gasteiger partial charge in [-0.1, -0.05) is 6.07 Å². The van der Waals surface area contributed by atoms with Gasteiger partial charge < -0.3 is 20.5 Å². The minimum atomic E-state index is -0.818.